The minimum atomic E-state index is -0.574. The van der Waals surface area contributed by atoms with Gasteiger partial charge in [-0.25, -0.2) is 9.78 Å². The van der Waals surface area contributed by atoms with Gasteiger partial charge < -0.3 is 24.7 Å². The lowest BCUT2D eigenvalue weighted by atomic mass is 9.87. The number of thioether (sulfide) groups is 1. The minimum Gasteiger partial charge on any atom is -0.444 e. The summed E-state index contributed by atoms with van der Waals surface area (Å²) >= 11 is 1.50. The minimum absolute atomic E-state index is 0.0247. The number of anilines is 1. The van der Waals surface area contributed by atoms with Crippen LogP contribution in [0, 0.1) is 0 Å². The van der Waals surface area contributed by atoms with Gasteiger partial charge >= 0.3 is 6.09 Å². The van der Waals surface area contributed by atoms with Gasteiger partial charge in [0.2, 0.25) is 15.7 Å². The van der Waals surface area contributed by atoms with Crippen LogP contribution >= 0.6 is 11.8 Å². The van der Waals surface area contributed by atoms with Gasteiger partial charge in [-0.05, 0) is 64.6 Å². The summed E-state index contributed by atoms with van der Waals surface area (Å²) in [5.74, 6) is 1.03. The van der Waals surface area contributed by atoms with Crippen molar-refractivity contribution in [3.8, 4) is 0 Å². The van der Waals surface area contributed by atoms with Gasteiger partial charge in [0, 0.05) is 19.1 Å². The molecule has 0 saturated carbocycles. The van der Waals surface area contributed by atoms with Crippen molar-refractivity contribution in [2.45, 2.75) is 108 Å². The van der Waals surface area contributed by atoms with E-state index in [0.717, 1.165) is 23.4 Å². The highest BCUT2D eigenvalue weighted by Gasteiger charge is 2.43. The molecule has 8 nitrogen and oxygen atoms in total. The Kier molecular flexibility index (Phi) is 8.61. The number of nitrogens with zero attached hydrogens (tertiary/aromatic N) is 2. The quantitative estimate of drug-likeness (QED) is 0.529. The summed E-state index contributed by atoms with van der Waals surface area (Å²) in [5, 5.41) is 6.47. The van der Waals surface area contributed by atoms with Gasteiger partial charge in [-0.15, -0.1) is 11.8 Å². The lowest BCUT2D eigenvalue weighted by Gasteiger charge is -2.47. The molecule has 2 aliphatic heterocycles. The largest absolute Gasteiger partial charge is 0.444 e. The smallest absolute Gasteiger partial charge is 0.410 e. The van der Waals surface area contributed by atoms with Gasteiger partial charge in [-0.1, -0.05) is 20.8 Å². The number of hydrogen-bond acceptors (Lipinski definition) is 7. The number of piperidine rings is 1. The molecule has 1 aromatic heterocycles. The molecule has 10 heteroatoms. The molecule has 1 aromatic rings. The zero-order valence-electron chi connectivity index (χ0n) is 22.3. The Morgan fingerprint density at radius 1 is 1.20 bits per heavy atom. The van der Waals surface area contributed by atoms with Crippen molar-refractivity contribution in [3.05, 3.63) is 17.8 Å². The first-order valence-corrected chi connectivity index (χ1v) is 14.1. The van der Waals surface area contributed by atoms with Crippen molar-refractivity contribution in [1.29, 1.82) is 0 Å². The first-order valence-electron chi connectivity index (χ1n) is 12.2. The molecule has 2 radical (unpaired) electrons. The summed E-state index contributed by atoms with van der Waals surface area (Å²) in [5.41, 5.74) is -0.216. The van der Waals surface area contributed by atoms with Gasteiger partial charge in [0.1, 0.15) is 11.4 Å². The molecule has 194 valence electrons. The molecular formula is C25H40N4O4SSi. The second-order valence-electron chi connectivity index (χ2n) is 11.8. The third-order valence-electron chi connectivity index (χ3n) is 5.74. The number of fused-ring (bicyclic) bond motifs is 1. The summed E-state index contributed by atoms with van der Waals surface area (Å²) in [6.07, 6.45) is 1.41. The van der Waals surface area contributed by atoms with Crippen LogP contribution < -0.4 is 10.6 Å². The van der Waals surface area contributed by atoms with E-state index < -0.39 is 11.2 Å². The fourth-order valence-electron chi connectivity index (χ4n) is 4.09. The van der Waals surface area contributed by atoms with Crippen molar-refractivity contribution in [1.82, 2.24) is 15.2 Å². The van der Waals surface area contributed by atoms with E-state index in [1.807, 2.05) is 37.8 Å². The number of ether oxygens (including phenoxy) is 1. The second-order valence-corrected chi connectivity index (χ2v) is 14.8. The predicted molar refractivity (Wildman–Crippen MR) is 141 cm³/mol. The van der Waals surface area contributed by atoms with Gasteiger partial charge in [-0.2, -0.15) is 0 Å². The number of carbonyl (C=O) groups excluding carboxylic acids is 2. The monoisotopic (exact) mass is 520 g/mol. The fourth-order valence-corrected chi connectivity index (χ4v) is 5.55. The van der Waals surface area contributed by atoms with Gasteiger partial charge in [0.05, 0.1) is 28.0 Å². The van der Waals surface area contributed by atoms with Crippen molar-refractivity contribution in [3.63, 3.8) is 0 Å². The molecule has 3 rings (SSSR count). The van der Waals surface area contributed by atoms with Gasteiger partial charge in [-0.3, -0.25) is 4.79 Å². The summed E-state index contributed by atoms with van der Waals surface area (Å²) in [4.78, 5) is 32.4. The third kappa shape index (κ3) is 8.20. The highest BCUT2D eigenvalue weighted by atomic mass is 32.2. The number of nitrogens with one attached hydrogen (secondary N) is 2. The van der Waals surface area contributed by atoms with Crippen LogP contribution in [0.5, 0.6) is 0 Å². The Bertz CT molecular complexity index is 929. The van der Waals surface area contributed by atoms with Crippen LogP contribution in [-0.4, -0.2) is 67.2 Å². The van der Waals surface area contributed by atoms with Crippen molar-refractivity contribution < 1.29 is 18.8 Å². The Morgan fingerprint density at radius 3 is 2.57 bits per heavy atom. The molecule has 0 aromatic carbocycles. The fraction of sp³-hybridized carbons (Fsp3) is 0.720. The number of rotatable bonds is 6. The molecule has 35 heavy (non-hydrogen) atoms. The molecule has 3 heterocycles. The van der Waals surface area contributed by atoms with Crippen LogP contribution in [0.3, 0.4) is 0 Å². The third-order valence-corrected chi connectivity index (χ3v) is 8.02. The number of amides is 2. The number of aromatic nitrogens is 1. The van der Waals surface area contributed by atoms with E-state index in [0.29, 0.717) is 34.4 Å². The van der Waals surface area contributed by atoms with Gasteiger partial charge in [0.25, 0.3) is 0 Å². The van der Waals surface area contributed by atoms with E-state index in [-0.39, 0.29) is 29.1 Å². The topological polar surface area (TPSA) is 92.8 Å². The lowest BCUT2D eigenvalue weighted by Crippen LogP contribution is -2.61. The highest BCUT2D eigenvalue weighted by Crippen LogP contribution is 2.33. The van der Waals surface area contributed by atoms with Crippen LogP contribution in [0.1, 0.15) is 73.9 Å². The average molecular weight is 521 g/mol. The lowest BCUT2D eigenvalue weighted by molar-refractivity contribution is -0.113. The first-order chi connectivity index (χ1) is 16.1. The SMILES string of the molecule is CC(C)(C)OC(=O)N1C[C@@H](NCc2ccc3c(n2)NC(=O)CS3)CC[C@@H]1C(C)(C)O[Si]C(C)(C)C. The molecule has 2 N–H and O–H groups in total. The van der Waals surface area contributed by atoms with E-state index in [4.69, 9.17) is 9.16 Å². The normalized spacial score (nSPS) is 21.4. The van der Waals surface area contributed by atoms with Crippen LogP contribution in [0.2, 0.25) is 5.04 Å². The molecule has 0 bridgehead atoms. The highest BCUT2D eigenvalue weighted by molar-refractivity contribution is 8.00. The van der Waals surface area contributed by atoms with Crippen molar-refractivity contribution >= 4 is 39.3 Å². The van der Waals surface area contributed by atoms with E-state index in [1.54, 1.807) is 0 Å². The zero-order chi connectivity index (χ0) is 26.0. The maximum Gasteiger partial charge on any atom is 0.410 e. The Balaban J connectivity index is 1.69. The summed E-state index contributed by atoms with van der Waals surface area (Å²) in [6, 6.07) is 4.00. The molecule has 2 aliphatic rings. The number of hydrogen-bond donors (Lipinski definition) is 2. The molecule has 2 amide bonds. The Hall–Kier alpha value is -1.62. The Labute approximate surface area is 216 Å². The first kappa shape index (κ1) is 28.0. The number of pyridine rings is 1. The predicted octanol–water partition coefficient (Wildman–Crippen LogP) is 4.62. The number of carbonyl (C=O) groups is 2. The molecule has 2 atom stereocenters. The molecule has 0 spiro atoms. The van der Waals surface area contributed by atoms with Crippen LogP contribution in [0.15, 0.2) is 17.0 Å². The Morgan fingerprint density at radius 2 is 1.91 bits per heavy atom. The number of likely N-dealkylation sites (tertiary alicyclic amines) is 1. The molecular weight excluding hydrogens is 480 g/mol. The van der Waals surface area contributed by atoms with E-state index >= 15 is 0 Å². The standard InChI is InChI=1S/C25H40N4O4SSi/c1-23(2,3)32-22(31)29-14-17(10-12-19(29)25(7,8)33-35-24(4,5)6)26-13-16-9-11-18-21(27-16)28-20(30)15-34-18/h9,11,17,19,26H,10,12-15H2,1-8H3,(H,27,28,30)/t17-,19+/m0/s1. The van der Waals surface area contributed by atoms with E-state index in [9.17, 15) is 9.59 Å². The molecule has 1 fully saturated rings. The summed E-state index contributed by atoms with van der Waals surface area (Å²) < 4.78 is 12.2. The molecule has 0 aliphatic carbocycles. The summed E-state index contributed by atoms with van der Waals surface area (Å²) in [7, 11) is 0.332. The zero-order valence-corrected chi connectivity index (χ0v) is 24.1. The van der Waals surface area contributed by atoms with Crippen LogP contribution in [0.4, 0.5) is 10.6 Å². The second kappa shape index (κ2) is 10.8. The van der Waals surface area contributed by atoms with E-state index in [2.05, 4.69) is 50.2 Å². The summed E-state index contributed by atoms with van der Waals surface area (Å²) in [6.45, 7) is 17.4. The molecule has 0 unspecified atom stereocenters. The maximum absolute atomic E-state index is 13.3. The molecule has 1 saturated heterocycles. The van der Waals surface area contributed by atoms with Crippen LogP contribution in [-0.2, 0) is 20.5 Å². The van der Waals surface area contributed by atoms with Gasteiger partial charge in [0.15, 0.2) is 0 Å². The van der Waals surface area contributed by atoms with Crippen molar-refractivity contribution in [2.75, 3.05) is 17.6 Å². The maximum atomic E-state index is 13.3. The van der Waals surface area contributed by atoms with E-state index in [1.165, 1.54) is 11.8 Å². The van der Waals surface area contributed by atoms with Crippen molar-refractivity contribution in [2.24, 2.45) is 0 Å². The average Bonchev–Trinajstić information content (AvgIpc) is 2.74. The van der Waals surface area contributed by atoms with Crippen LogP contribution in [0.25, 0.3) is 0 Å².